The van der Waals surface area contributed by atoms with E-state index in [0.717, 1.165) is 4.90 Å². The largest absolute Gasteiger partial charge is 0.461 e. The highest BCUT2D eigenvalue weighted by atomic mass is 35.6. The summed E-state index contributed by atoms with van der Waals surface area (Å²) >= 11 is 26.7. The molecule has 18 heavy (non-hydrogen) atoms. The number of hydrogen-bond acceptors (Lipinski definition) is 4. The van der Waals surface area contributed by atoms with Crippen LogP contribution in [0.5, 0.6) is 0 Å². The van der Waals surface area contributed by atoms with E-state index in [4.69, 9.17) is 58.0 Å². The van der Waals surface area contributed by atoms with Gasteiger partial charge >= 0.3 is 5.97 Å². The normalized spacial score (nSPS) is 16.6. The maximum absolute atomic E-state index is 11.4. The van der Waals surface area contributed by atoms with Crippen molar-refractivity contribution in [2.45, 2.75) is 3.79 Å². The van der Waals surface area contributed by atoms with Crippen molar-refractivity contribution in [3.63, 3.8) is 0 Å². The van der Waals surface area contributed by atoms with Crippen LogP contribution in [-0.4, -0.2) is 39.6 Å². The molecule has 0 atom stereocenters. The van der Waals surface area contributed by atoms with Gasteiger partial charge in [0.15, 0.2) is 0 Å². The first-order valence-electron chi connectivity index (χ1n) is 4.31. The Morgan fingerprint density at radius 1 is 1.11 bits per heavy atom. The predicted octanol–water partition coefficient (Wildman–Crippen LogP) is 1.96. The minimum atomic E-state index is -2.22. The van der Waals surface area contributed by atoms with Crippen molar-refractivity contribution < 1.29 is 19.1 Å². The molecule has 0 fully saturated rings. The molecular formula is C8H4Cl5NO4. The molecule has 5 nitrogen and oxygen atoms in total. The zero-order valence-electron chi connectivity index (χ0n) is 8.38. The minimum Gasteiger partial charge on any atom is -0.461 e. The van der Waals surface area contributed by atoms with Crippen LogP contribution in [0, 0.1) is 0 Å². The molecular weight excluding hydrogens is 351 g/mol. The molecule has 2 amide bonds. The average molecular weight is 355 g/mol. The summed E-state index contributed by atoms with van der Waals surface area (Å²) in [7, 11) is 0. The average Bonchev–Trinajstić information content (AvgIpc) is 2.45. The van der Waals surface area contributed by atoms with Gasteiger partial charge in [0, 0.05) is 0 Å². The standard InChI is InChI=1S/C8H4Cl5NO4/c9-3-4(10)6(16)14(5(3)15)1-2-18-7(17)8(11,12)13/h1-2H2. The third kappa shape index (κ3) is 3.42. The summed E-state index contributed by atoms with van der Waals surface area (Å²) < 4.78 is 2.33. The molecule has 0 aromatic heterocycles. The van der Waals surface area contributed by atoms with E-state index in [2.05, 4.69) is 4.74 Å². The first-order valence-corrected chi connectivity index (χ1v) is 6.20. The molecule has 0 aromatic carbocycles. The molecule has 0 unspecified atom stereocenters. The van der Waals surface area contributed by atoms with E-state index >= 15 is 0 Å². The van der Waals surface area contributed by atoms with Crippen molar-refractivity contribution in [3.8, 4) is 0 Å². The monoisotopic (exact) mass is 353 g/mol. The number of imide groups is 1. The fraction of sp³-hybridized carbons (Fsp3) is 0.375. The molecule has 100 valence electrons. The van der Waals surface area contributed by atoms with Gasteiger partial charge in [-0.25, -0.2) is 4.79 Å². The van der Waals surface area contributed by atoms with Crippen molar-refractivity contribution in [3.05, 3.63) is 10.1 Å². The van der Waals surface area contributed by atoms with Gasteiger partial charge in [-0.3, -0.25) is 14.5 Å². The van der Waals surface area contributed by atoms with Crippen molar-refractivity contribution >= 4 is 75.8 Å². The Morgan fingerprint density at radius 2 is 1.56 bits per heavy atom. The topological polar surface area (TPSA) is 63.7 Å². The number of amides is 2. The molecule has 0 spiro atoms. The summed E-state index contributed by atoms with van der Waals surface area (Å²) in [4.78, 5) is 34.6. The first kappa shape index (κ1) is 15.9. The van der Waals surface area contributed by atoms with Gasteiger partial charge in [0.25, 0.3) is 15.6 Å². The fourth-order valence-electron chi connectivity index (χ4n) is 1.03. The molecule has 1 aliphatic heterocycles. The van der Waals surface area contributed by atoms with Crippen molar-refractivity contribution in [1.29, 1.82) is 0 Å². The molecule has 0 bridgehead atoms. The number of esters is 1. The molecule has 0 saturated heterocycles. The molecule has 0 N–H and O–H groups in total. The second kappa shape index (κ2) is 5.84. The quantitative estimate of drug-likeness (QED) is 0.441. The van der Waals surface area contributed by atoms with Crippen LogP contribution < -0.4 is 0 Å². The number of rotatable bonds is 3. The van der Waals surface area contributed by atoms with Gasteiger partial charge in [0.05, 0.1) is 6.54 Å². The van der Waals surface area contributed by atoms with Crippen LogP contribution in [-0.2, 0) is 19.1 Å². The lowest BCUT2D eigenvalue weighted by Crippen LogP contribution is -2.35. The van der Waals surface area contributed by atoms with Crippen LogP contribution in [0.15, 0.2) is 10.1 Å². The number of hydrogen-bond donors (Lipinski definition) is 0. The Kier molecular flexibility index (Phi) is 5.14. The van der Waals surface area contributed by atoms with Gasteiger partial charge in [-0.2, -0.15) is 0 Å². The molecule has 10 heteroatoms. The number of halogens is 5. The van der Waals surface area contributed by atoms with E-state index in [1.54, 1.807) is 0 Å². The molecule has 0 radical (unpaired) electrons. The van der Waals surface area contributed by atoms with Crippen molar-refractivity contribution in [1.82, 2.24) is 4.90 Å². The van der Waals surface area contributed by atoms with Crippen LogP contribution in [0.25, 0.3) is 0 Å². The summed E-state index contributed by atoms with van der Waals surface area (Å²) in [5, 5.41) is -0.760. The summed E-state index contributed by atoms with van der Waals surface area (Å²) in [5.41, 5.74) is 0. The van der Waals surface area contributed by atoms with Crippen LogP contribution in [0.4, 0.5) is 0 Å². The Labute approximate surface area is 126 Å². The van der Waals surface area contributed by atoms with Gasteiger partial charge in [0.1, 0.15) is 16.7 Å². The second-order valence-electron chi connectivity index (χ2n) is 3.02. The number of nitrogens with zero attached hydrogens (tertiary/aromatic N) is 1. The minimum absolute atomic E-state index is 0.239. The van der Waals surface area contributed by atoms with Crippen molar-refractivity contribution in [2.75, 3.05) is 13.2 Å². The van der Waals surface area contributed by atoms with E-state index in [1.165, 1.54) is 0 Å². The summed E-state index contributed by atoms with van der Waals surface area (Å²) in [6.07, 6.45) is 0. The molecule has 1 rings (SSSR count). The number of carbonyl (C=O) groups excluding carboxylic acids is 3. The molecule has 0 aromatic rings. The molecule has 0 aliphatic carbocycles. The van der Waals surface area contributed by atoms with Crippen LogP contribution >= 0.6 is 58.0 Å². The van der Waals surface area contributed by atoms with Crippen LogP contribution in [0.3, 0.4) is 0 Å². The van der Waals surface area contributed by atoms with Crippen LogP contribution in [0.1, 0.15) is 0 Å². The zero-order chi connectivity index (χ0) is 14.1. The van der Waals surface area contributed by atoms with E-state index in [1.807, 2.05) is 0 Å². The number of alkyl halides is 3. The highest BCUT2D eigenvalue weighted by molar-refractivity contribution is 6.75. The lowest BCUT2D eigenvalue weighted by Gasteiger charge is -2.15. The van der Waals surface area contributed by atoms with E-state index < -0.39 is 21.6 Å². The predicted molar refractivity (Wildman–Crippen MR) is 66.7 cm³/mol. The Morgan fingerprint density at radius 3 is 1.94 bits per heavy atom. The summed E-state index contributed by atoms with van der Waals surface area (Å²) in [6, 6.07) is 0. The highest BCUT2D eigenvalue weighted by Gasteiger charge is 2.37. The SMILES string of the molecule is O=C1C(Cl)=C(Cl)C(=O)N1CCOC(=O)C(Cl)(Cl)Cl. The van der Waals surface area contributed by atoms with E-state index in [0.29, 0.717) is 0 Å². The maximum atomic E-state index is 11.4. The third-order valence-corrected chi connectivity index (χ3v) is 3.10. The van der Waals surface area contributed by atoms with Gasteiger partial charge < -0.3 is 4.74 Å². The number of ether oxygens (including phenoxy) is 1. The Bertz CT molecular complexity index is 417. The lowest BCUT2D eigenvalue weighted by atomic mass is 10.5. The lowest BCUT2D eigenvalue weighted by molar-refractivity contribution is -0.146. The second-order valence-corrected chi connectivity index (χ2v) is 6.06. The van der Waals surface area contributed by atoms with Gasteiger partial charge in [-0.05, 0) is 0 Å². The number of carbonyl (C=O) groups is 3. The van der Waals surface area contributed by atoms with E-state index in [-0.39, 0.29) is 23.2 Å². The fourth-order valence-corrected chi connectivity index (χ4v) is 1.56. The highest BCUT2D eigenvalue weighted by Crippen LogP contribution is 2.28. The smallest absolute Gasteiger partial charge is 0.358 e. The maximum Gasteiger partial charge on any atom is 0.358 e. The molecule has 0 saturated carbocycles. The van der Waals surface area contributed by atoms with Crippen LogP contribution in [0.2, 0.25) is 0 Å². The van der Waals surface area contributed by atoms with Crippen molar-refractivity contribution in [2.24, 2.45) is 0 Å². The summed E-state index contributed by atoms with van der Waals surface area (Å²) in [6.45, 7) is -0.574. The first-order chi connectivity index (χ1) is 8.16. The Balaban J connectivity index is 2.51. The van der Waals surface area contributed by atoms with Gasteiger partial charge in [-0.1, -0.05) is 58.0 Å². The molecule has 1 aliphatic rings. The zero-order valence-corrected chi connectivity index (χ0v) is 12.2. The molecule has 1 heterocycles. The summed E-state index contributed by atoms with van der Waals surface area (Å²) in [5.74, 6) is -2.65. The van der Waals surface area contributed by atoms with Gasteiger partial charge in [0.2, 0.25) is 0 Å². The third-order valence-electron chi connectivity index (χ3n) is 1.84. The van der Waals surface area contributed by atoms with E-state index in [9.17, 15) is 14.4 Å². The van der Waals surface area contributed by atoms with Gasteiger partial charge in [-0.15, -0.1) is 0 Å². The Hall–Kier alpha value is -0.200.